The van der Waals surface area contributed by atoms with Crippen LogP contribution in [0.15, 0.2) is 30.3 Å². The quantitative estimate of drug-likeness (QED) is 0.908. The van der Waals surface area contributed by atoms with Gasteiger partial charge in [-0.1, -0.05) is 18.2 Å². The molecule has 3 nitrogen and oxygen atoms in total. The Hall–Kier alpha value is -1.87. The van der Waals surface area contributed by atoms with Crippen LogP contribution in [0.2, 0.25) is 0 Å². The SMILES string of the molecule is Cc1cccc(-c2ccc(OCC[C@@H](C)O)nc2C)c1C. The molecular formula is C18H23NO2. The van der Waals surface area contributed by atoms with Gasteiger partial charge in [-0.2, -0.15) is 0 Å². The number of ether oxygens (including phenoxy) is 1. The number of pyridine rings is 1. The summed E-state index contributed by atoms with van der Waals surface area (Å²) in [7, 11) is 0. The molecule has 1 atom stereocenters. The molecular weight excluding hydrogens is 262 g/mol. The largest absolute Gasteiger partial charge is 0.478 e. The van der Waals surface area contributed by atoms with Crippen molar-refractivity contribution in [1.29, 1.82) is 0 Å². The highest BCUT2D eigenvalue weighted by molar-refractivity contribution is 5.70. The van der Waals surface area contributed by atoms with Gasteiger partial charge in [0.05, 0.1) is 12.7 Å². The Labute approximate surface area is 126 Å². The van der Waals surface area contributed by atoms with E-state index in [-0.39, 0.29) is 6.10 Å². The van der Waals surface area contributed by atoms with E-state index in [2.05, 4.69) is 43.1 Å². The molecule has 0 radical (unpaired) electrons. The highest BCUT2D eigenvalue weighted by Gasteiger charge is 2.09. The van der Waals surface area contributed by atoms with Gasteiger partial charge in [-0.05, 0) is 50.5 Å². The molecule has 1 heterocycles. The molecule has 0 bridgehead atoms. The van der Waals surface area contributed by atoms with Crippen molar-refractivity contribution in [2.24, 2.45) is 0 Å². The summed E-state index contributed by atoms with van der Waals surface area (Å²) in [6, 6.07) is 10.3. The van der Waals surface area contributed by atoms with Crippen molar-refractivity contribution in [1.82, 2.24) is 4.98 Å². The summed E-state index contributed by atoms with van der Waals surface area (Å²) in [5.74, 6) is 0.613. The van der Waals surface area contributed by atoms with Crippen molar-refractivity contribution in [3.8, 4) is 17.0 Å². The lowest BCUT2D eigenvalue weighted by molar-refractivity contribution is 0.154. The van der Waals surface area contributed by atoms with Crippen molar-refractivity contribution in [3.05, 3.63) is 47.2 Å². The van der Waals surface area contributed by atoms with Crippen molar-refractivity contribution in [2.75, 3.05) is 6.61 Å². The molecule has 0 aliphatic rings. The van der Waals surface area contributed by atoms with E-state index in [9.17, 15) is 5.11 Å². The predicted molar refractivity (Wildman–Crippen MR) is 85.7 cm³/mol. The third-order valence-corrected chi connectivity index (χ3v) is 3.74. The summed E-state index contributed by atoms with van der Waals surface area (Å²) in [4.78, 5) is 4.51. The first kappa shape index (κ1) is 15.5. The van der Waals surface area contributed by atoms with E-state index in [0.717, 1.165) is 11.3 Å². The first-order valence-corrected chi connectivity index (χ1v) is 7.34. The van der Waals surface area contributed by atoms with Crippen molar-refractivity contribution >= 4 is 0 Å². The van der Waals surface area contributed by atoms with Crippen molar-refractivity contribution in [2.45, 2.75) is 40.2 Å². The van der Waals surface area contributed by atoms with Crippen LogP contribution in [-0.4, -0.2) is 22.8 Å². The monoisotopic (exact) mass is 285 g/mol. The Bertz CT molecular complexity index is 621. The second kappa shape index (κ2) is 6.72. The van der Waals surface area contributed by atoms with Crippen LogP contribution >= 0.6 is 0 Å². The van der Waals surface area contributed by atoms with E-state index >= 15 is 0 Å². The third kappa shape index (κ3) is 3.82. The minimum absolute atomic E-state index is 0.347. The van der Waals surface area contributed by atoms with Gasteiger partial charge in [-0.3, -0.25) is 0 Å². The van der Waals surface area contributed by atoms with Crippen molar-refractivity contribution < 1.29 is 9.84 Å². The van der Waals surface area contributed by atoms with Gasteiger partial charge in [0.1, 0.15) is 0 Å². The van der Waals surface area contributed by atoms with Gasteiger partial charge < -0.3 is 9.84 Å². The van der Waals surface area contributed by atoms with E-state index < -0.39 is 0 Å². The van der Waals surface area contributed by atoms with Gasteiger partial charge in [-0.15, -0.1) is 0 Å². The summed E-state index contributed by atoms with van der Waals surface area (Å²) in [5.41, 5.74) is 5.88. The smallest absolute Gasteiger partial charge is 0.213 e. The fraction of sp³-hybridized carbons (Fsp3) is 0.389. The second-order valence-corrected chi connectivity index (χ2v) is 5.52. The van der Waals surface area contributed by atoms with E-state index in [1.54, 1.807) is 6.92 Å². The minimum atomic E-state index is -0.347. The van der Waals surface area contributed by atoms with E-state index in [1.807, 2.05) is 13.0 Å². The molecule has 3 heteroatoms. The first-order valence-electron chi connectivity index (χ1n) is 7.34. The molecule has 0 aliphatic heterocycles. The number of benzene rings is 1. The van der Waals surface area contributed by atoms with Crippen LogP contribution in [0.25, 0.3) is 11.1 Å². The van der Waals surface area contributed by atoms with Crippen LogP contribution < -0.4 is 4.74 Å². The highest BCUT2D eigenvalue weighted by atomic mass is 16.5. The summed E-state index contributed by atoms with van der Waals surface area (Å²) in [6.07, 6.45) is 0.264. The van der Waals surface area contributed by atoms with Gasteiger partial charge in [-0.25, -0.2) is 4.98 Å². The fourth-order valence-corrected chi connectivity index (χ4v) is 2.28. The van der Waals surface area contributed by atoms with Crippen LogP contribution in [0, 0.1) is 20.8 Å². The molecule has 0 saturated heterocycles. The van der Waals surface area contributed by atoms with Crippen LogP contribution in [0.3, 0.4) is 0 Å². The van der Waals surface area contributed by atoms with Crippen LogP contribution in [-0.2, 0) is 0 Å². The molecule has 2 rings (SSSR count). The second-order valence-electron chi connectivity index (χ2n) is 5.52. The molecule has 1 aromatic carbocycles. The van der Waals surface area contributed by atoms with Gasteiger partial charge in [0, 0.05) is 23.7 Å². The first-order chi connectivity index (χ1) is 9.99. The molecule has 1 aromatic heterocycles. The zero-order chi connectivity index (χ0) is 15.4. The predicted octanol–water partition coefficient (Wildman–Crippen LogP) is 3.82. The molecule has 21 heavy (non-hydrogen) atoms. The number of hydrogen-bond donors (Lipinski definition) is 1. The fourth-order valence-electron chi connectivity index (χ4n) is 2.28. The molecule has 0 saturated carbocycles. The van der Waals surface area contributed by atoms with Gasteiger partial charge in [0.15, 0.2) is 0 Å². The third-order valence-electron chi connectivity index (χ3n) is 3.74. The number of hydrogen-bond acceptors (Lipinski definition) is 3. The number of aliphatic hydroxyl groups is 1. The van der Waals surface area contributed by atoms with Crippen LogP contribution in [0.4, 0.5) is 0 Å². The zero-order valence-electron chi connectivity index (χ0n) is 13.2. The molecule has 0 fully saturated rings. The van der Waals surface area contributed by atoms with Gasteiger partial charge >= 0.3 is 0 Å². The summed E-state index contributed by atoms with van der Waals surface area (Å²) < 4.78 is 5.57. The lowest BCUT2D eigenvalue weighted by atomic mass is 9.96. The van der Waals surface area contributed by atoms with Crippen molar-refractivity contribution in [3.63, 3.8) is 0 Å². The van der Waals surface area contributed by atoms with Gasteiger partial charge in [0.25, 0.3) is 0 Å². The highest BCUT2D eigenvalue weighted by Crippen LogP contribution is 2.28. The Morgan fingerprint density at radius 3 is 2.52 bits per heavy atom. The summed E-state index contributed by atoms with van der Waals surface area (Å²) in [6.45, 7) is 8.49. The average molecular weight is 285 g/mol. The number of aromatic nitrogens is 1. The Kier molecular flexibility index (Phi) is 4.97. The molecule has 2 aromatic rings. The molecule has 0 aliphatic carbocycles. The summed E-state index contributed by atoms with van der Waals surface area (Å²) >= 11 is 0. The molecule has 1 N–H and O–H groups in total. The maximum absolute atomic E-state index is 9.23. The average Bonchev–Trinajstić information content (AvgIpc) is 2.42. The Morgan fingerprint density at radius 2 is 1.86 bits per heavy atom. The van der Waals surface area contributed by atoms with E-state index in [0.29, 0.717) is 18.9 Å². The molecule has 0 unspecified atom stereocenters. The number of aryl methyl sites for hydroxylation is 2. The normalized spacial score (nSPS) is 12.2. The summed E-state index contributed by atoms with van der Waals surface area (Å²) in [5, 5.41) is 9.23. The minimum Gasteiger partial charge on any atom is -0.478 e. The molecule has 112 valence electrons. The van der Waals surface area contributed by atoms with Crippen LogP contribution in [0.1, 0.15) is 30.2 Å². The lowest BCUT2D eigenvalue weighted by Crippen LogP contribution is -2.08. The topological polar surface area (TPSA) is 42.4 Å². The lowest BCUT2D eigenvalue weighted by Gasteiger charge is -2.13. The number of rotatable bonds is 5. The zero-order valence-corrected chi connectivity index (χ0v) is 13.2. The molecule has 0 amide bonds. The maximum atomic E-state index is 9.23. The Balaban J connectivity index is 2.21. The number of nitrogens with zero attached hydrogens (tertiary/aromatic N) is 1. The standard InChI is InChI=1S/C18H23NO2/c1-12-6-5-7-16(14(12)3)17-8-9-18(19-15(17)4)21-11-10-13(2)20/h5-9,13,20H,10-11H2,1-4H3/t13-/m1/s1. The van der Waals surface area contributed by atoms with E-state index in [1.165, 1.54) is 16.7 Å². The molecule has 0 spiro atoms. The number of aliphatic hydroxyl groups excluding tert-OH is 1. The Morgan fingerprint density at radius 1 is 1.10 bits per heavy atom. The van der Waals surface area contributed by atoms with Crippen LogP contribution in [0.5, 0.6) is 5.88 Å². The maximum Gasteiger partial charge on any atom is 0.213 e. The van der Waals surface area contributed by atoms with E-state index in [4.69, 9.17) is 4.74 Å². The van der Waals surface area contributed by atoms with Gasteiger partial charge in [0.2, 0.25) is 5.88 Å².